The van der Waals surface area contributed by atoms with Gasteiger partial charge in [0, 0.05) is 6.07 Å². The Hall–Kier alpha value is -1.96. The standard InChI is InChI=1S/C13H15N2O5S/c14-12(16)13(8-4-1-5-9-13)21(19,20)11-7-3-2-6-10(11)15(17)18/h2-3,6-7,14H,1,4-5,8-9H2. The quantitative estimate of drug-likeness (QED) is 0.621. The van der Waals surface area contributed by atoms with Gasteiger partial charge in [-0.3, -0.25) is 20.6 Å². The van der Waals surface area contributed by atoms with Gasteiger partial charge in [-0.25, -0.2) is 8.42 Å². The topological polar surface area (TPSA) is 118 Å². The molecule has 8 heteroatoms. The summed E-state index contributed by atoms with van der Waals surface area (Å²) < 4.78 is 23.8. The van der Waals surface area contributed by atoms with E-state index in [0.29, 0.717) is 12.8 Å². The van der Waals surface area contributed by atoms with Crippen LogP contribution in [-0.2, 0) is 14.6 Å². The number of benzene rings is 1. The summed E-state index contributed by atoms with van der Waals surface area (Å²) >= 11 is 0. The lowest BCUT2D eigenvalue weighted by Crippen LogP contribution is -2.48. The van der Waals surface area contributed by atoms with Crippen LogP contribution in [0.2, 0.25) is 0 Å². The average molecular weight is 311 g/mol. The minimum atomic E-state index is -4.28. The van der Waals surface area contributed by atoms with Crippen LogP contribution in [0.3, 0.4) is 0 Å². The van der Waals surface area contributed by atoms with Crippen molar-refractivity contribution in [2.75, 3.05) is 0 Å². The van der Waals surface area contributed by atoms with Crippen LogP contribution in [0.15, 0.2) is 29.2 Å². The lowest BCUT2D eigenvalue weighted by atomic mass is 9.88. The summed E-state index contributed by atoms with van der Waals surface area (Å²) in [5.41, 5.74) is 6.86. The second kappa shape index (κ2) is 5.44. The zero-order valence-corrected chi connectivity index (χ0v) is 12.1. The molecular weight excluding hydrogens is 296 g/mol. The summed E-state index contributed by atoms with van der Waals surface area (Å²) in [7, 11) is -4.28. The van der Waals surface area contributed by atoms with Gasteiger partial charge in [0.25, 0.3) is 11.6 Å². The molecule has 0 aromatic heterocycles. The highest BCUT2D eigenvalue weighted by Gasteiger charge is 2.52. The second-order valence-electron chi connectivity index (χ2n) is 5.11. The van der Waals surface area contributed by atoms with Gasteiger partial charge < -0.3 is 0 Å². The largest absolute Gasteiger partial charge is 0.288 e. The minimum absolute atomic E-state index is 0.0454. The SMILES string of the molecule is [NH]C(=O)C1(S(=O)(=O)c2ccccc2[N+](=O)[O-])CCCCC1. The third-order valence-electron chi connectivity index (χ3n) is 3.94. The van der Waals surface area contributed by atoms with Crippen LogP contribution in [0.25, 0.3) is 0 Å². The Morgan fingerprint density at radius 1 is 1.19 bits per heavy atom. The van der Waals surface area contributed by atoms with Crippen LogP contribution < -0.4 is 5.73 Å². The van der Waals surface area contributed by atoms with Crippen LogP contribution in [0.1, 0.15) is 32.1 Å². The molecule has 1 saturated carbocycles. The third-order valence-corrected chi connectivity index (χ3v) is 6.49. The summed E-state index contributed by atoms with van der Waals surface area (Å²) in [6.45, 7) is 0. The van der Waals surface area contributed by atoms with Crippen LogP contribution >= 0.6 is 0 Å². The zero-order chi connectivity index (χ0) is 15.7. The molecule has 1 aliphatic carbocycles. The van der Waals surface area contributed by atoms with E-state index in [1.54, 1.807) is 0 Å². The van der Waals surface area contributed by atoms with E-state index < -0.39 is 36.0 Å². The molecular formula is C13H15N2O5S. The Labute approximate surface area is 122 Å². The lowest BCUT2D eigenvalue weighted by molar-refractivity contribution is -0.387. The molecule has 113 valence electrons. The first-order valence-electron chi connectivity index (χ1n) is 6.57. The smallest absolute Gasteiger partial charge is 0.271 e. The first-order valence-corrected chi connectivity index (χ1v) is 8.05. The molecule has 1 aliphatic rings. The summed E-state index contributed by atoms with van der Waals surface area (Å²) in [4.78, 5) is 21.5. The number of para-hydroxylation sites is 1. The predicted octanol–water partition coefficient (Wildman–Crippen LogP) is 1.88. The molecule has 0 saturated heterocycles. The first kappa shape index (κ1) is 15.4. The zero-order valence-electron chi connectivity index (χ0n) is 11.2. The molecule has 2 rings (SSSR count). The molecule has 1 aromatic rings. The molecule has 1 aromatic carbocycles. The molecule has 1 radical (unpaired) electrons. The van der Waals surface area contributed by atoms with E-state index in [4.69, 9.17) is 5.73 Å². The van der Waals surface area contributed by atoms with Gasteiger partial charge in [-0.15, -0.1) is 0 Å². The number of rotatable bonds is 4. The Balaban J connectivity index is 2.65. The van der Waals surface area contributed by atoms with Gasteiger partial charge in [0.05, 0.1) is 4.92 Å². The maximum Gasteiger partial charge on any atom is 0.288 e. The molecule has 0 aliphatic heterocycles. The van der Waals surface area contributed by atoms with Crippen molar-refractivity contribution >= 4 is 21.4 Å². The Morgan fingerprint density at radius 2 is 1.76 bits per heavy atom. The number of nitrogens with one attached hydrogen (secondary N) is 1. The highest BCUT2D eigenvalue weighted by atomic mass is 32.2. The van der Waals surface area contributed by atoms with Crippen molar-refractivity contribution in [2.45, 2.75) is 41.7 Å². The maximum absolute atomic E-state index is 12.8. The van der Waals surface area contributed by atoms with Crippen molar-refractivity contribution in [1.82, 2.24) is 5.73 Å². The number of amides is 1. The van der Waals surface area contributed by atoms with Crippen LogP contribution in [0.4, 0.5) is 5.69 Å². The van der Waals surface area contributed by atoms with Crippen molar-refractivity contribution in [2.24, 2.45) is 0 Å². The molecule has 1 N–H and O–H groups in total. The molecule has 0 spiro atoms. The number of nitrogens with zero attached hydrogens (tertiary/aromatic N) is 1. The van der Waals surface area contributed by atoms with E-state index in [1.807, 2.05) is 0 Å². The van der Waals surface area contributed by atoms with Crippen molar-refractivity contribution < 1.29 is 18.1 Å². The van der Waals surface area contributed by atoms with E-state index in [0.717, 1.165) is 18.6 Å². The van der Waals surface area contributed by atoms with Gasteiger partial charge in [-0.2, -0.15) is 0 Å². The van der Waals surface area contributed by atoms with Gasteiger partial charge in [-0.05, 0) is 18.9 Å². The Bertz CT molecular complexity index is 678. The van der Waals surface area contributed by atoms with Crippen molar-refractivity contribution in [3.05, 3.63) is 34.4 Å². The second-order valence-corrected chi connectivity index (χ2v) is 7.34. The van der Waals surface area contributed by atoms with Gasteiger partial charge in [0.2, 0.25) is 0 Å². The van der Waals surface area contributed by atoms with Crippen LogP contribution in [0, 0.1) is 10.1 Å². The molecule has 1 fully saturated rings. The molecule has 0 bridgehead atoms. The predicted molar refractivity (Wildman–Crippen MR) is 74.2 cm³/mol. The van der Waals surface area contributed by atoms with E-state index in [1.165, 1.54) is 12.1 Å². The Morgan fingerprint density at radius 3 is 2.29 bits per heavy atom. The van der Waals surface area contributed by atoms with Gasteiger partial charge in [-0.1, -0.05) is 31.4 Å². The fourth-order valence-electron chi connectivity index (χ4n) is 2.79. The average Bonchev–Trinajstić information content (AvgIpc) is 2.47. The van der Waals surface area contributed by atoms with Crippen LogP contribution in [-0.4, -0.2) is 24.0 Å². The number of hydrogen-bond acceptors (Lipinski definition) is 5. The number of hydrogen-bond donors (Lipinski definition) is 0. The number of carbonyl (C=O) groups is 1. The Kier molecular flexibility index (Phi) is 3.99. The van der Waals surface area contributed by atoms with E-state index in [-0.39, 0.29) is 12.8 Å². The highest BCUT2D eigenvalue weighted by molar-refractivity contribution is 7.93. The van der Waals surface area contributed by atoms with Crippen molar-refractivity contribution in [3.8, 4) is 0 Å². The summed E-state index contributed by atoms with van der Waals surface area (Å²) in [6.07, 6.45) is 1.92. The fraction of sp³-hybridized carbons (Fsp3) is 0.462. The summed E-state index contributed by atoms with van der Waals surface area (Å²) in [5.74, 6) is -1.18. The summed E-state index contributed by atoms with van der Waals surface area (Å²) in [5, 5.41) is 11.0. The number of carbonyl (C=O) groups excluding carboxylic acids is 1. The van der Waals surface area contributed by atoms with E-state index in [9.17, 15) is 23.3 Å². The molecule has 0 heterocycles. The normalized spacial score (nSPS) is 18.1. The number of nitro benzene ring substituents is 1. The third kappa shape index (κ3) is 2.39. The van der Waals surface area contributed by atoms with Crippen molar-refractivity contribution in [3.63, 3.8) is 0 Å². The molecule has 0 unspecified atom stereocenters. The van der Waals surface area contributed by atoms with Crippen molar-refractivity contribution in [1.29, 1.82) is 0 Å². The number of nitro groups is 1. The maximum atomic E-state index is 12.8. The first-order chi connectivity index (χ1) is 9.83. The minimum Gasteiger partial charge on any atom is -0.271 e. The monoisotopic (exact) mass is 311 g/mol. The number of sulfone groups is 1. The lowest BCUT2D eigenvalue weighted by Gasteiger charge is -2.32. The highest BCUT2D eigenvalue weighted by Crippen LogP contribution is 2.41. The molecule has 0 atom stereocenters. The summed E-state index contributed by atoms with van der Waals surface area (Å²) in [6, 6.07) is 4.97. The van der Waals surface area contributed by atoms with Gasteiger partial charge in [0.1, 0.15) is 4.90 Å². The van der Waals surface area contributed by atoms with Gasteiger partial charge in [0.15, 0.2) is 14.6 Å². The molecule has 7 nitrogen and oxygen atoms in total. The van der Waals surface area contributed by atoms with E-state index in [2.05, 4.69) is 0 Å². The molecule has 1 amide bonds. The van der Waals surface area contributed by atoms with Crippen LogP contribution in [0.5, 0.6) is 0 Å². The van der Waals surface area contributed by atoms with Gasteiger partial charge >= 0.3 is 0 Å². The fourth-order valence-corrected chi connectivity index (χ4v) is 4.95. The molecule has 21 heavy (non-hydrogen) atoms. The van der Waals surface area contributed by atoms with E-state index >= 15 is 0 Å².